The monoisotopic (exact) mass is 518 g/mol. The van der Waals surface area contributed by atoms with Crippen LogP contribution in [0.1, 0.15) is 28.5 Å². The van der Waals surface area contributed by atoms with Crippen LogP contribution in [-0.2, 0) is 11.2 Å². The van der Waals surface area contributed by atoms with Gasteiger partial charge in [0.25, 0.3) is 5.91 Å². The van der Waals surface area contributed by atoms with Crippen molar-refractivity contribution in [3.63, 3.8) is 0 Å². The van der Waals surface area contributed by atoms with Gasteiger partial charge >= 0.3 is 0 Å². The Labute approximate surface area is 218 Å². The van der Waals surface area contributed by atoms with Gasteiger partial charge in [0.2, 0.25) is 5.91 Å². The van der Waals surface area contributed by atoms with Gasteiger partial charge in [0, 0.05) is 27.3 Å². The van der Waals surface area contributed by atoms with Gasteiger partial charge in [-0.15, -0.1) is 0 Å². The maximum atomic E-state index is 13.5. The van der Waals surface area contributed by atoms with Crippen LogP contribution in [0.3, 0.4) is 0 Å². The normalized spacial score (nSPS) is 12.4. The quantitative estimate of drug-likeness (QED) is 0.328. The molecule has 0 spiro atoms. The summed E-state index contributed by atoms with van der Waals surface area (Å²) in [5.74, 6) is 0.436. The molecule has 1 N–H and O–H groups in total. The number of methoxy groups -OCH3 is 1. The molecule has 0 bridgehead atoms. The summed E-state index contributed by atoms with van der Waals surface area (Å²) in [6, 6.07) is 22.8. The number of benzene rings is 3. The first kappa shape index (κ1) is 25.7. The zero-order valence-electron chi connectivity index (χ0n) is 21.3. The Morgan fingerprint density at radius 2 is 1.69 bits per heavy atom. The molecule has 1 aromatic heterocycles. The van der Waals surface area contributed by atoms with Crippen molar-refractivity contribution in [3.8, 4) is 5.75 Å². The average molecular weight is 519 g/mol. The number of fused-ring (bicyclic) bond motifs is 1. The molecule has 1 unspecified atom stereocenters. The highest BCUT2D eigenvalue weighted by molar-refractivity contribution is 6.91. The van der Waals surface area contributed by atoms with Gasteiger partial charge < -0.3 is 10.1 Å². The van der Waals surface area contributed by atoms with Gasteiger partial charge in [-0.3, -0.25) is 14.2 Å². The molecule has 3 aromatic carbocycles. The van der Waals surface area contributed by atoms with Gasteiger partial charge in [0.1, 0.15) is 13.8 Å². The van der Waals surface area contributed by atoms with Crippen LogP contribution in [0.25, 0.3) is 10.9 Å². The molecule has 0 fully saturated rings. The molecule has 4 aromatic rings. The van der Waals surface area contributed by atoms with E-state index in [1.165, 1.54) is 5.19 Å². The summed E-state index contributed by atoms with van der Waals surface area (Å²) in [4.78, 5) is 26.8. The van der Waals surface area contributed by atoms with Crippen molar-refractivity contribution in [3.05, 3.63) is 94.6 Å². The summed E-state index contributed by atoms with van der Waals surface area (Å²) < 4.78 is 7.12. The minimum absolute atomic E-state index is 0.0336. The molecule has 0 saturated carbocycles. The molecule has 1 amide bonds. The van der Waals surface area contributed by atoms with Crippen LogP contribution in [0.4, 0.5) is 0 Å². The highest BCUT2D eigenvalue weighted by Gasteiger charge is 2.32. The Hall–Kier alpha value is -3.35. The van der Waals surface area contributed by atoms with E-state index >= 15 is 0 Å². The summed E-state index contributed by atoms with van der Waals surface area (Å²) in [5, 5.41) is 5.94. The number of nitrogens with one attached hydrogen (secondary N) is 1. The zero-order valence-corrected chi connectivity index (χ0v) is 23.0. The Bertz CT molecular complexity index is 1410. The van der Waals surface area contributed by atoms with Crippen molar-refractivity contribution < 1.29 is 14.3 Å². The van der Waals surface area contributed by atoms with Crippen molar-refractivity contribution in [1.82, 2.24) is 9.88 Å². The van der Waals surface area contributed by atoms with E-state index in [0.29, 0.717) is 16.3 Å². The van der Waals surface area contributed by atoms with Crippen LogP contribution in [0.15, 0.2) is 72.8 Å². The number of hydrogen-bond donors (Lipinski definition) is 1. The van der Waals surface area contributed by atoms with Gasteiger partial charge in [-0.05, 0) is 61.9 Å². The van der Waals surface area contributed by atoms with E-state index in [9.17, 15) is 9.59 Å². The second kappa shape index (κ2) is 10.3. The molecule has 0 aliphatic rings. The molecule has 36 heavy (non-hydrogen) atoms. The fraction of sp³-hybridized carbons (Fsp3) is 0.241. The molecule has 5 nitrogen and oxygen atoms in total. The van der Waals surface area contributed by atoms with E-state index in [0.717, 1.165) is 22.2 Å². The van der Waals surface area contributed by atoms with Crippen molar-refractivity contribution in [2.24, 2.45) is 0 Å². The summed E-state index contributed by atoms with van der Waals surface area (Å²) >= 11 is 6.02. The van der Waals surface area contributed by atoms with Gasteiger partial charge in [0.15, 0.2) is 0 Å². The molecule has 0 aliphatic carbocycles. The van der Waals surface area contributed by atoms with E-state index in [1.807, 2.05) is 43.3 Å². The molecule has 1 atom stereocenters. The smallest absolute Gasteiger partial charge is 0.262 e. The Morgan fingerprint density at radius 3 is 2.33 bits per heavy atom. The van der Waals surface area contributed by atoms with Crippen LogP contribution in [0.2, 0.25) is 18.1 Å². The minimum Gasteiger partial charge on any atom is -0.497 e. The molecule has 186 valence electrons. The SMILES string of the molecule is COc1ccc2c(c1)c(CC(=O)NC(C)[Si](C)(C)c1ccccc1)c(C)n2C(=O)c1ccc(Cl)cc1. The molecule has 0 saturated heterocycles. The molecule has 4 rings (SSSR count). The summed E-state index contributed by atoms with van der Waals surface area (Å²) in [7, 11) is -0.323. The van der Waals surface area contributed by atoms with E-state index in [-0.39, 0.29) is 23.9 Å². The van der Waals surface area contributed by atoms with Crippen molar-refractivity contribution >= 4 is 47.6 Å². The average Bonchev–Trinajstić information content (AvgIpc) is 3.14. The molecular formula is C29H31ClN2O3Si. The first-order valence-corrected chi connectivity index (χ1v) is 15.4. The second-order valence-corrected chi connectivity index (χ2v) is 15.0. The summed E-state index contributed by atoms with van der Waals surface area (Å²) in [5.41, 5.74) is 2.85. The van der Waals surface area contributed by atoms with E-state index in [4.69, 9.17) is 16.3 Å². The highest BCUT2D eigenvalue weighted by Crippen LogP contribution is 2.31. The third-order valence-electron chi connectivity index (χ3n) is 7.15. The Balaban J connectivity index is 1.68. The number of carbonyl (C=O) groups excluding carboxylic acids is 2. The van der Waals surface area contributed by atoms with Crippen molar-refractivity contribution in [2.75, 3.05) is 7.11 Å². The second-order valence-electron chi connectivity index (χ2n) is 9.65. The third-order valence-corrected chi connectivity index (χ3v) is 11.5. The number of ether oxygens (including phenoxy) is 1. The lowest BCUT2D eigenvalue weighted by Crippen LogP contribution is -2.58. The predicted molar refractivity (Wildman–Crippen MR) is 149 cm³/mol. The predicted octanol–water partition coefficient (Wildman–Crippen LogP) is 5.50. The van der Waals surface area contributed by atoms with E-state index < -0.39 is 8.07 Å². The van der Waals surface area contributed by atoms with Crippen LogP contribution < -0.4 is 15.2 Å². The number of hydrogen-bond acceptors (Lipinski definition) is 3. The van der Waals surface area contributed by atoms with Crippen LogP contribution in [0.5, 0.6) is 5.75 Å². The van der Waals surface area contributed by atoms with Gasteiger partial charge in [-0.1, -0.05) is 60.2 Å². The van der Waals surface area contributed by atoms with Crippen molar-refractivity contribution in [1.29, 1.82) is 0 Å². The lowest BCUT2D eigenvalue weighted by molar-refractivity contribution is -0.120. The maximum absolute atomic E-state index is 13.5. The van der Waals surface area contributed by atoms with Gasteiger partial charge in [-0.25, -0.2) is 0 Å². The summed E-state index contributed by atoms with van der Waals surface area (Å²) in [6.07, 6.45) is 0.167. The molecule has 0 aliphatic heterocycles. The Kier molecular flexibility index (Phi) is 7.38. The number of nitrogens with zero attached hydrogens (tertiary/aromatic N) is 1. The summed E-state index contributed by atoms with van der Waals surface area (Å²) in [6.45, 7) is 8.50. The molecule has 0 radical (unpaired) electrons. The lowest BCUT2D eigenvalue weighted by atomic mass is 10.1. The molecular weight excluding hydrogens is 488 g/mol. The van der Waals surface area contributed by atoms with Gasteiger partial charge in [0.05, 0.1) is 19.0 Å². The minimum atomic E-state index is -1.93. The topological polar surface area (TPSA) is 60.3 Å². The van der Waals surface area contributed by atoms with Crippen molar-refractivity contribution in [2.45, 2.75) is 39.0 Å². The van der Waals surface area contributed by atoms with Crippen LogP contribution in [-0.4, -0.2) is 37.2 Å². The number of amides is 1. The number of halogens is 1. The van der Waals surface area contributed by atoms with E-state index in [1.54, 1.807) is 35.9 Å². The number of rotatable bonds is 7. The molecule has 7 heteroatoms. The first-order chi connectivity index (χ1) is 17.1. The third kappa shape index (κ3) is 4.97. The largest absolute Gasteiger partial charge is 0.497 e. The number of carbonyl (C=O) groups is 2. The fourth-order valence-corrected chi connectivity index (χ4v) is 6.75. The van der Waals surface area contributed by atoms with Crippen LogP contribution in [0, 0.1) is 6.92 Å². The van der Waals surface area contributed by atoms with Gasteiger partial charge in [-0.2, -0.15) is 0 Å². The molecule has 1 heterocycles. The highest BCUT2D eigenvalue weighted by atomic mass is 35.5. The fourth-order valence-electron chi connectivity index (χ4n) is 4.55. The van der Waals surface area contributed by atoms with Crippen LogP contribution >= 0.6 is 11.6 Å². The maximum Gasteiger partial charge on any atom is 0.262 e. The number of aromatic nitrogens is 1. The first-order valence-electron chi connectivity index (χ1n) is 12.0. The Morgan fingerprint density at radius 1 is 1.03 bits per heavy atom. The lowest BCUT2D eigenvalue weighted by Gasteiger charge is -2.31. The zero-order chi connectivity index (χ0) is 26.0. The van der Waals surface area contributed by atoms with E-state index in [2.05, 4.69) is 37.5 Å². The standard InChI is InChI=1S/C29H31ClN2O3Si/c1-19-25(18-28(33)31-20(2)36(4,5)24-9-7-6-8-10-24)26-17-23(35-3)15-16-27(26)32(19)29(34)21-11-13-22(30)14-12-21/h6-17,20H,18H2,1-5H3,(H,31,33).